The van der Waals surface area contributed by atoms with Gasteiger partial charge in [0.2, 0.25) is 0 Å². The van der Waals surface area contributed by atoms with Crippen LogP contribution in [0.15, 0.2) is 33.5 Å². The average Bonchev–Trinajstić information content (AvgIpc) is 3.19. The highest BCUT2D eigenvalue weighted by molar-refractivity contribution is 5.22. The molecule has 0 N–H and O–H groups in total. The van der Waals surface area contributed by atoms with E-state index in [1.54, 1.807) is 0 Å². The Morgan fingerprint density at radius 2 is 1.74 bits per heavy atom. The summed E-state index contributed by atoms with van der Waals surface area (Å²) in [4.78, 5) is 20.6. The Labute approximate surface area is 185 Å². The van der Waals surface area contributed by atoms with Gasteiger partial charge in [-0.2, -0.15) is 0 Å². The molecule has 0 saturated carbocycles. The summed E-state index contributed by atoms with van der Waals surface area (Å²) in [6, 6.07) is 8.61. The molecule has 2 bridgehead atoms. The summed E-state index contributed by atoms with van der Waals surface area (Å²) >= 11 is 0. The number of likely N-dealkylation sites (tertiary alicyclic amines) is 1. The number of pyridine rings is 1. The lowest BCUT2D eigenvalue weighted by Crippen LogP contribution is -2.48. The molecule has 168 valence electrons. The maximum absolute atomic E-state index is 13.3. The lowest BCUT2D eigenvalue weighted by Gasteiger charge is -2.42. The number of likely N-dealkylation sites (N-methyl/N-ethyl adjacent to an activating group) is 1. The molecule has 2 aromatic rings. The predicted octanol–water partition coefficient (Wildman–Crippen LogP) is 2.76. The number of fused-ring (bicyclic) bond motifs is 4. The Morgan fingerprint density at radius 1 is 0.935 bits per heavy atom. The summed E-state index contributed by atoms with van der Waals surface area (Å²) in [5, 5.41) is 0. The van der Waals surface area contributed by atoms with Crippen LogP contribution in [0.2, 0.25) is 0 Å². The lowest BCUT2D eigenvalue weighted by molar-refractivity contribution is 0.107. The zero-order valence-corrected chi connectivity index (χ0v) is 19.1. The van der Waals surface area contributed by atoms with Crippen LogP contribution in [0.25, 0.3) is 0 Å². The topological polar surface area (TPSA) is 44.9 Å². The number of rotatable bonds is 6. The molecular weight excluding hydrogens is 388 g/mol. The zero-order chi connectivity index (χ0) is 21.4. The van der Waals surface area contributed by atoms with Crippen molar-refractivity contribution in [3.05, 3.63) is 57.4 Å². The maximum Gasteiger partial charge on any atom is 0.255 e. The second-order valence-corrected chi connectivity index (χ2v) is 9.89. The molecule has 2 atom stereocenters. The number of piperazine rings is 1. The van der Waals surface area contributed by atoms with Crippen LogP contribution >= 0.6 is 0 Å². The highest BCUT2D eigenvalue weighted by Gasteiger charge is 2.35. The molecule has 0 aliphatic carbocycles. The van der Waals surface area contributed by atoms with E-state index in [0.29, 0.717) is 11.8 Å². The minimum atomic E-state index is 0.245. The number of aryl methyl sites for hydroxylation is 1. The third kappa shape index (κ3) is 4.52. The van der Waals surface area contributed by atoms with Crippen molar-refractivity contribution in [3.63, 3.8) is 0 Å². The molecule has 31 heavy (non-hydrogen) atoms. The van der Waals surface area contributed by atoms with E-state index in [4.69, 9.17) is 4.42 Å². The smallest absolute Gasteiger partial charge is 0.255 e. The number of aromatic nitrogens is 1. The molecule has 0 aromatic carbocycles. The fourth-order valence-electron chi connectivity index (χ4n) is 5.69. The number of furan rings is 1. The fraction of sp³-hybridized carbons (Fsp3) is 0.640. The summed E-state index contributed by atoms with van der Waals surface area (Å²) in [6.45, 7) is 11.0. The zero-order valence-electron chi connectivity index (χ0n) is 19.1. The normalized spacial score (nSPS) is 25.0. The van der Waals surface area contributed by atoms with Crippen LogP contribution in [-0.2, 0) is 26.1 Å². The van der Waals surface area contributed by atoms with E-state index in [-0.39, 0.29) is 5.56 Å². The summed E-state index contributed by atoms with van der Waals surface area (Å²) in [5.41, 5.74) is 2.44. The maximum atomic E-state index is 13.3. The van der Waals surface area contributed by atoms with E-state index in [0.717, 1.165) is 88.8 Å². The van der Waals surface area contributed by atoms with Crippen LogP contribution in [0.1, 0.15) is 48.5 Å². The van der Waals surface area contributed by atoms with Crippen molar-refractivity contribution >= 4 is 0 Å². The van der Waals surface area contributed by atoms with Gasteiger partial charge in [0.15, 0.2) is 0 Å². The van der Waals surface area contributed by atoms with Gasteiger partial charge in [0.25, 0.3) is 5.56 Å². The van der Waals surface area contributed by atoms with E-state index in [9.17, 15) is 4.79 Å². The van der Waals surface area contributed by atoms with Crippen molar-refractivity contribution in [2.45, 2.75) is 51.7 Å². The molecule has 2 aromatic heterocycles. The molecular formula is C25H36N4O2. The second-order valence-electron chi connectivity index (χ2n) is 9.89. The number of hydrogen-bond acceptors (Lipinski definition) is 5. The third-order valence-corrected chi connectivity index (χ3v) is 7.34. The van der Waals surface area contributed by atoms with Gasteiger partial charge in [-0.25, -0.2) is 0 Å². The third-order valence-electron chi connectivity index (χ3n) is 7.34. The summed E-state index contributed by atoms with van der Waals surface area (Å²) < 4.78 is 8.13. The fourth-order valence-corrected chi connectivity index (χ4v) is 5.69. The first-order valence-electron chi connectivity index (χ1n) is 12.0. The highest BCUT2D eigenvalue weighted by Crippen LogP contribution is 2.35. The van der Waals surface area contributed by atoms with Gasteiger partial charge in [-0.3, -0.25) is 14.6 Å². The van der Waals surface area contributed by atoms with Gasteiger partial charge in [0.05, 0.1) is 6.54 Å². The van der Waals surface area contributed by atoms with E-state index >= 15 is 0 Å². The Bertz CT molecular complexity index is 957. The molecule has 6 nitrogen and oxygen atoms in total. The van der Waals surface area contributed by atoms with Gasteiger partial charge < -0.3 is 13.9 Å². The molecule has 0 unspecified atom stereocenters. The molecule has 0 spiro atoms. The highest BCUT2D eigenvalue weighted by atomic mass is 16.3. The van der Waals surface area contributed by atoms with E-state index < -0.39 is 0 Å². The van der Waals surface area contributed by atoms with Gasteiger partial charge in [-0.05, 0) is 44.0 Å². The van der Waals surface area contributed by atoms with Crippen LogP contribution in [0.4, 0.5) is 0 Å². The SMILES string of the molecule is CCCc1ccc(CN2C[C@@H]3C[C@H](C2)c2ccc(CN4CCN(C)CC4)c(=O)n2C3)o1. The van der Waals surface area contributed by atoms with Crippen molar-refractivity contribution < 1.29 is 4.42 Å². The van der Waals surface area contributed by atoms with Crippen molar-refractivity contribution in [2.24, 2.45) is 5.92 Å². The number of hydrogen-bond donors (Lipinski definition) is 0. The van der Waals surface area contributed by atoms with Crippen LogP contribution in [0.3, 0.4) is 0 Å². The first kappa shape index (κ1) is 21.0. The Hall–Kier alpha value is -1.89. The van der Waals surface area contributed by atoms with Crippen molar-refractivity contribution in [1.82, 2.24) is 19.3 Å². The van der Waals surface area contributed by atoms with E-state index in [1.807, 2.05) is 0 Å². The second kappa shape index (κ2) is 8.93. The van der Waals surface area contributed by atoms with Gasteiger partial charge in [0, 0.05) is 76.0 Å². The number of piperidine rings is 1. The van der Waals surface area contributed by atoms with Crippen LogP contribution in [-0.4, -0.2) is 65.6 Å². The molecule has 6 heteroatoms. The molecule has 3 aliphatic heterocycles. The van der Waals surface area contributed by atoms with E-state index in [2.05, 4.69) is 57.5 Å². The lowest BCUT2D eigenvalue weighted by atomic mass is 9.83. The Balaban J connectivity index is 1.28. The molecule has 2 saturated heterocycles. The predicted molar refractivity (Wildman–Crippen MR) is 122 cm³/mol. The van der Waals surface area contributed by atoms with E-state index in [1.165, 1.54) is 12.1 Å². The van der Waals surface area contributed by atoms with Crippen molar-refractivity contribution in [1.29, 1.82) is 0 Å². The minimum Gasteiger partial charge on any atom is -0.465 e. The van der Waals surface area contributed by atoms with Gasteiger partial charge in [-0.15, -0.1) is 0 Å². The van der Waals surface area contributed by atoms with Crippen LogP contribution < -0.4 is 5.56 Å². The molecule has 0 amide bonds. The summed E-state index contributed by atoms with van der Waals surface area (Å²) in [5.74, 6) is 3.17. The average molecular weight is 425 g/mol. The van der Waals surface area contributed by atoms with Crippen LogP contribution in [0.5, 0.6) is 0 Å². The summed E-state index contributed by atoms with van der Waals surface area (Å²) in [7, 11) is 2.17. The number of nitrogens with zero attached hydrogens (tertiary/aromatic N) is 4. The minimum absolute atomic E-state index is 0.245. The first-order chi connectivity index (χ1) is 15.1. The standard InChI is InChI=1S/C25H36N4O2/c1-3-4-22-6-7-23(31-22)18-28-14-19-13-21(17-28)24-8-5-20(25(30)29(24)15-19)16-27-11-9-26(2)10-12-27/h5-8,19,21H,3-4,9-18H2,1-2H3/t19-,21+/m0/s1. The molecule has 0 radical (unpaired) electrons. The van der Waals surface area contributed by atoms with Gasteiger partial charge in [-0.1, -0.05) is 13.0 Å². The molecule has 3 aliphatic rings. The Kier molecular flexibility index (Phi) is 6.04. The molecule has 5 heterocycles. The van der Waals surface area contributed by atoms with Crippen molar-refractivity contribution in [2.75, 3.05) is 46.3 Å². The summed E-state index contributed by atoms with van der Waals surface area (Å²) in [6.07, 6.45) is 3.33. The van der Waals surface area contributed by atoms with Crippen LogP contribution in [0, 0.1) is 5.92 Å². The molecule has 5 rings (SSSR count). The largest absolute Gasteiger partial charge is 0.465 e. The Morgan fingerprint density at radius 3 is 2.55 bits per heavy atom. The quantitative estimate of drug-likeness (QED) is 0.714. The molecule has 2 fully saturated rings. The van der Waals surface area contributed by atoms with Crippen molar-refractivity contribution in [3.8, 4) is 0 Å². The van der Waals surface area contributed by atoms with Gasteiger partial charge >= 0.3 is 0 Å². The van der Waals surface area contributed by atoms with Gasteiger partial charge in [0.1, 0.15) is 11.5 Å². The first-order valence-corrected chi connectivity index (χ1v) is 12.0. The monoisotopic (exact) mass is 424 g/mol.